The predicted molar refractivity (Wildman–Crippen MR) is 83.7 cm³/mol. The maximum absolute atomic E-state index is 12.5. The van der Waals surface area contributed by atoms with Gasteiger partial charge in [0.1, 0.15) is 0 Å². The van der Waals surface area contributed by atoms with Crippen molar-refractivity contribution < 1.29 is 9.59 Å². The molecule has 1 aliphatic rings. The van der Waals surface area contributed by atoms with Crippen LogP contribution in [0.15, 0.2) is 0 Å². The minimum atomic E-state index is -0.0889. The maximum atomic E-state index is 12.5. The quantitative estimate of drug-likeness (QED) is 0.740. The smallest absolute Gasteiger partial charge is 0.236 e. The van der Waals surface area contributed by atoms with E-state index >= 15 is 0 Å². The zero-order chi connectivity index (χ0) is 16.0. The van der Waals surface area contributed by atoms with Gasteiger partial charge >= 0.3 is 0 Å². The number of hydrogen-bond acceptors (Lipinski definition) is 4. The van der Waals surface area contributed by atoms with Crippen LogP contribution in [-0.4, -0.2) is 79.9 Å². The van der Waals surface area contributed by atoms with Crippen molar-refractivity contribution in [1.82, 2.24) is 14.7 Å². The molecular formula is C15H30N4O2. The van der Waals surface area contributed by atoms with Gasteiger partial charge in [0.05, 0.1) is 12.5 Å². The number of carbonyl (C=O) groups is 2. The van der Waals surface area contributed by atoms with E-state index in [1.165, 1.54) is 0 Å². The van der Waals surface area contributed by atoms with Gasteiger partial charge in [-0.1, -0.05) is 13.8 Å². The fourth-order valence-electron chi connectivity index (χ4n) is 2.67. The van der Waals surface area contributed by atoms with Crippen LogP contribution in [0.4, 0.5) is 0 Å². The Labute approximate surface area is 128 Å². The molecule has 1 saturated heterocycles. The summed E-state index contributed by atoms with van der Waals surface area (Å²) < 4.78 is 0. The lowest BCUT2D eigenvalue weighted by molar-refractivity contribution is -0.142. The Balaban J connectivity index is 2.48. The molecule has 1 aliphatic heterocycles. The number of amides is 2. The van der Waals surface area contributed by atoms with Gasteiger partial charge in [0.2, 0.25) is 11.8 Å². The second-order valence-corrected chi connectivity index (χ2v) is 6.51. The van der Waals surface area contributed by atoms with Gasteiger partial charge in [-0.2, -0.15) is 0 Å². The second-order valence-electron chi connectivity index (χ2n) is 6.51. The number of likely N-dealkylation sites (N-methyl/N-ethyl adjacent to an activating group) is 1. The molecule has 0 aromatic heterocycles. The highest BCUT2D eigenvalue weighted by Gasteiger charge is 2.28. The van der Waals surface area contributed by atoms with Gasteiger partial charge in [-0.05, 0) is 26.4 Å². The Kier molecular flexibility index (Phi) is 7.11. The first-order valence-corrected chi connectivity index (χ1v) is 7.76. The molecule has 6 nitrogen and oxygen atoms in total. The highest BCUT2D eigenvalue weighted by Crippen LogP contribution is 2.15. The molecule has 0 radical (unpaired) electrons. The van der Waals surface area contributed by atoms with Crippen LogP contribution in [0.1, 0.15) is 20.3 Å². The summed E-state index contributed by atoms with van der Waals surface area (Å²) in [6.07, 6.45) is 0.828. The molecule has 2 amide bonds. The Morgan fingerprint density at radius 2 is 1.62 bits per heavy atom. The third-order valence-corrected chi connectivity index (χ3v) is 3.79. The summed E-state index contributed by atoms with van der Waals surface area (Å²) in [5.41, 5.74) is 5.74. The van der Waals surface area contributed by atoms with E-state index in [9.17, 15) is 9.59 Å². The molecule has 0 aliphatic carbocycles. The molecule has 1 atom stereocenters. The molecule has 0 aromatic carbocycles. The number of rotatable bonds is 6. The SMILES string of the molecule is CC(C)CC(CN)C(=O)N1CCN(C(=O)CN(C)C)CC1. The van der Waals surface area contributed by atoms with Crippen molar-refractivity contribution in [3.8, 4) is 0 Å². The molecule has 0 spiro atoms. The molecule has 6 heteroatoms. The third kappa shape index (κ3) is 5.63. The molecule has 0 saturated carbocycles. The van der Waals surface area contributed by atoms with Crippen molar-refractivity contribution in [2.24, 2.45) is 17.6 Å². The predicted octanol–water partition coefficient (Wildman–Crippen LogP) is -0.160. The summed E-state index contributed by atoms with van der Waals surface area (Å²) in [7, 11) is 3.77. The third-order valence-electron chi connectivity index (χ3n) is 3.79. The van der Waals surface area contributed by atoms with Crippen molar-refractivity contribution in [2.45, 2.75) is 20.3 Å². The molecule has 122 valence electrons. The molecule has 1 rings (SSSR count). The monoisotopic (exact) mass is 298 g/mol. The Hall–Kier alpha value is -1.14. The molecule has 1 unspecified atom stereocenters. The molecule has 1 fully saturated rings. The lowest BCUT2D eigenvalue weighted by Gasteiger charge is -2.37. The second kappa shape index (κ2) is 8.34. The maximum Gasteiger partial charge on any atom is 0.236 e. The number of nitrogens with zero attached hydrogens (tertiary/aromatic N) is 3. The number of nitrogens with two attached hydrogens (primary N) is 1. The Morgan fingerprint density at radius 3 is 2.05 bits per heavy atom. The summed E-state index contributed by atoms with van der Waals surface area (Å²) in [6.45, 7) is 7.51. The molecule has 21 heavy (non-hydrogen) atoms. The van der Waals surface area contributed by atoms with E-state index in [1.807, 2.05) is 28.8 Å². The van der Waals surface area contributed by atoms with E-state index in [0.29, 0.717) is 45.2 Å². The Bertz CT molecular complexity index is 350. The van der Waals surface area contributed by atoms with Gasteiger partial charge in [0, 0.05) is 32.7 Å². The molecule has 0 aromatic rings. The van der Waals surface area contributed by atoms with Crippen LogP contribution in [0.3, 0.4) is 0 Å². The van der Waals surface area contributed by atoms with Crippen molar-refractivity contribution in [1.29, 1.82) is 0 Å². The minimum Gasteiger partial charge on any atom is -0.339 e. The first kappa shape index (κ1) is 17.9. The van der Waals surface area contributed by atoms with Crippen LogP contribution in [-0.2, 0) is 9.59 Å². The summed E-state index contributed by atoms with van der Waals surface area (Å²) in [4.78, 5) is 30.0. The first-order valence-electron chi connectivity index (χ1n) is 7.76. The molecule has 2 N–H and O–H groups in total. The molecular weight excluding hydrogens is 268 g/mol. The molecule has 0 bridgehead atoms. The number of piperazine rings is 1. The highest BCUT2D eigenvalue weighted by atomic mass is 16.2. The summed E-state index contributed by atoms with van der Waals surface area (Å²) >= 11 is 0. The van der Waals surface area contributed by atoms with Crippen LogP contribution in [0, 0.1) is 11.8 Å². The summed E-state index contributed by atoms with van der Waals surface area (Å²) in [6, 6.07) is 0. The fraction of sp³-hybridized carbons (Fsp3) is 0.867. The summed E-state index contributed by atoms with van der Waals surface area (Å²) in [5.74, 6) is 0.648. The van der Waals surface area contributed by atoms with E-state index in [1.54, 1.807) is 0 Å². The van der Waals surface area contributed by atoms with E-state index < -0.39 is 0 Å². The zero-order valence-electron chi connectivity index (χ0n) is 13.8. The van der Waals surface area contributed by atoms with E-state index in [2.05, 4.69) is 13.8 Å². The van der Waals surface area contributed by atoms with Crippen LogP contribution in [0.2, 0.25) is 0 Å². The molecule has 1 heterocycles. The van der Waals surface area contributed by atoms with Gasteiger partial charge in [-0.3, -0.25) is 9.59 Å². The van der Waals surface area contributed by atoms with Crippen molar-refractivity contribution in [3.05, 3.63) is 0 Å². The van der Waals surface area contributed by atoms with Gasteiger partial charge < -0.3 is 20.4 Å². The zero-order valence-corrected chi connectivity index (χ0v) is 13.8. The normalized spacial score (nSPS) is 17.5. The highest BCUT2D eigenvalue weighted by molar-refractivity contribution is 5.81. The van der Waals surface area contributed by atoms with E-state index in [4.69, 9.17) is 5.73 Å². The average Bonchev–Trinajstić information content (AvgIpc) is 2.43. The summed E-state index contributed by atoms with van der Waals surface area (Å²) in [5, 5.41) is 0. The van der Waals surface area contributed by atoms with Crippen LogP contribution in [0.5, 0.6) is 0 Å². The Morgan fingerprint density at radius 1 is 1.10 bits per heavy atom. The number of carbonyl (C=O) groups excluding carboxylic acids is 2. The van der Waals surface area contributed by atoms with E-state index in [-0.39, 0.29) is 17.7 Å². The van der Waals surface area contributed by atoms with Crippen molar-refractivity contribution in [3.63, 3.8) is 0 Å². The van der Waals surface area contributed by atoms with Crippen LogP contribution in [0.25, 0.3) is 0 Å². The first-order chi connectivity index (χ1) is 9.85. The topological polar surface area (TPSA) is 69.9 Å². The standard InChI is InChI=1S/C15H30N4O2/c1-12(2)9-13(10-16)15(21)19-7-5-18(6-8-19)14(20)11-17(3)4/h12-13H,5-11,16H2,1-4H3. The largest absolute Gasteiger partial charge is 0.339 e. The van der Waals surface area contributed by atoms with Crippen molar-refractivity contribution in [2.75, 3.05) is 53.4 Å². The van der Waals surface area contributed by atoms with Gasteiger partial charge in [-0.15, -0.1) is 0 Å². The van der Waals surface area contributed by atoms with Gasteiger partial charge in [-0.25, -0.2) is 0 Å². The lowest BCUT2D eigenvalue weighted by Crippen LogP contribution is -2.54. The van der Waals surface area contributed by atoms with Crippen molar-refractivity contribution >= 4 is 11.8 Å². The average molecular weight is 298 g/mol. The van der Waals surface area contributed by atoms with E-state index in [0.717, 1.165) is 6.42 Å². The van der Waals surface area contributed by atoms with Gasteiger partial charge in [0.25, 0.3) is 0 Å². The minimum absolute atomic E-state index is 0.0889. The number of hydrogen-bond donors (Lipinski definition) is 1. The van der Waals surface area contributed by atoms with Gasteiger partial charge in [0.15, 0.2) is 0 Å². The van der Waals surface area contributed by atoms with Crippen LogP contribution < -0.4 is 5.73 Å². The lowest BCUT2D eigenvalue weighted by atomic mass is 9.95. The van der Waals surface area contributed by atoms with Crippen LogP contribution >= 0.6 is 0 Å². The fourth-order valence-corrected chi connectivity index (χ4v) is 2.67.